The zero-order chi connectivity index (χ0) is 10.2. The summed E-state index contributed by atoms with van der Waals surface area (Å²) in [4.78, 5) is 0. The van der Waals surface area contributed by atoms with Crippen molar-refractivity contribution in [1.82, 2.24) is 0 Å². The Morgan fingerprint density at radius 1 is 1.38 bits per heavy atom. The van der Waals surface area contributed by atoms with Gasteiger partial charge in [-0.15, -0.1) is 0 Å². The van der Waals surface area contributed by atoms with E-state index in [0.717, 1.165) is 12.7 Å². The first-order chi connectivity index (χ1) is 5.95. The Balaban J connectivity index is 3.46. The van der Waals surface area contributed by atoms with Crippen molar-refractivity contribution in [3.8, 4) is 0 Å². The van der Waals surface area contributed by atoms with E-state index in [1.165, 1.54) is 0 Å². The molecule has 0 fully saturated rings. The summed E-state index contributed by atoms with van der Waals surface area (Å²) < 4.78 is 15.5. The van der Waals surface area contributed by atoms with Crippen LogP contribution in [-0.2, 0) is 0 Å². The van der Waals surface area contributed by atoms with E-state index in [9.17, 15) is 4.39 Å². The second-order valence-corrected chi connectivity index (χ2v) is 5.38. The Kier molecular flexibility index (Phi) is 3.79. The molecule has 0 aliphatic rings. The van der Waals surface area contributed by atoms with Crippen LogP contribution in [0.15, 0.2) is 6.07 Å². The van der Waals surface area contributed by atoms with Gasteiger partial charge < -0.3 is 5.73 Å². The van der Waals surface area contributed by atoms with E-state index in [2.05, 4.69) is 45.2 Å². The molecule has 0 aromatic heterocycles. The van der Waals surface area contributed by atoms with Gasteiger partial charge in [-0.25, -0.2) is 4.39 Å². The van der Waals surface area contributed by atoms with Gasteiger partial charge >= 0.3 is 0 Å². The van der Waals surface area contributed by atoms with E-state index in [1.807, 2.05) is 13.8 Å². The molecule has 72 valence electrons. The van der Waals surface area contributed by atoms with Gasteiger partial charge in [0.25, 0.3) is 0 Å². The molecule has 0 aliphatic heterocycles. The van der Waals surface area contributed by atoms with Crippen LogP contribution >= 0.6 is 45.2 Å². The highest BCUT2D eigenvalue weighted by Crippen LogP contribution is 2.31. The molecule has 0 unspecified atom stereocenters. The van der Waals surface area contributed by atoms with E-state index in [0.29, 0.717) is 0 Å². The third-order valence-corrected chi connectivity index (χ3v) is 4.84. The summed E-state index contributed by atoms with van der Waals surface area (Å²) in [7, 11) is 0. The standard InChI is InChI=1S/C9H10FI2N/c1-4(2)7-8(10)6(13)3-5(11)9(7)12/h3-4H,13H2,1-2H3. The largest absolute Gasteiger partial charge is 0.396 e. The molecular weight excluding hydrogens is 395 g/mol. The number of nitrogens with two attached hydrogens (primary N) is 1. The smallest absolute Gasteiger partial charge is 0.150 e. The van der Waals surface area contributed by atoms with Crippen LogP contribution in [0.3, 0.4) is 0 Å². The molecule has 2 N–H and O–H groups in total. The van der Waals surface area contributed by atoms with Gasteiger partial charge in [-0.2, -0.15) is 0 Å². The highest BCUT2D eigenvalue weighted by Gasteiger charge is 2.16. The van der Waals surface area contributed by atoms with Gasteiger partial charge in [0.1, 0.15) is 0 Å². The van der Waals surface area contributed by atoms with Crippen molar-refractivity contribution in [3.63, 3.8) is 0 Å². The van der Waals surface area contributed by atoms with Crippen molar-refractivity contribution in [2.24, 2.45) is 0 Å². The molecular formula is C9H10FI2N. The molecule has 0 bridgehead atoms. The molecule has 0 amide bonds. The Morgan fingerprint density at radius 3 is 2.38 bits per heavy atom. The number of hydrogen-bond donors (Lipinski definition) is 1. The van der Waals surface area contributed by atoms with Crippen LogP contribution in [-0.4, -0.2) is 0 Å². The quantitative estimate of drug-likeness (QED) is 0.430. The Bertz CT molecular complexity index is 311. The average molecular weight is 405 g/mol. The van der Waals surface area contributed by atoms with Gasteiger partial charge in [-0.3, -0.25) is 0 Å². The Morgan fingerprint density at radius 2 is 1.92 bits per heavy atom. The second kappa shape index (κ2) is 4.29. The lowest BCUT2D eigenvalue weighted by Gasteiger charge is -2.13. The van der Waals surface area contributed by atoms with Crippen LogP contribution in [0.25, 0.3) is 0 Å². The van der Waals surface area contributed by atoms with Gasteiger partial charge in [-0.1, -0.05) is 13.8 Å². The summed E-state index contributed by atoms with van der Waals surface area (Å²) in [5, 5.41) is 0. The molecule has 0 spiro atoms. The molecule has 4 heteroatoms. The van der Waals surface area contributed by atoms with Gasteiger partial charge in [0.15, 0.2) is 5.82 Å². The maximum atomic E-state index is 13.6. The van der Waals surface area contributed by atoms with Gasteiger partial charge in [0.05, 0.1) is 5.69 Å². The molecule has 0 saturated carbocycles. The van der Waals surface area contributed by atoms with E-state index in [-0.39, 0.29) is 17.4 Å². The Hall–Kier alpha value is 0.410. The van der Waals surface area contributed by atoms with E-state index >= 15 is 0 Å². The van der Waals surface area contributed by atoms with Crippen molar-refractivity contribution >= 4 is 50.9 Å². The lowest BCUT2D eigenvalue weighted by Crippen LogP contribution is -2.03. The first kappa shape index (κ1) is 11.5. The SMILES string of the molecule is CC(C)c1c(F)c(N)cc(I)c1I. The third-order valence-electron chi connectivity index (χ3n) is 1.80. The molecule has 0 saturated heterocycles. The minimum Gasteiger partial charge on any atom is -0.396 e. The molecule has 1 aromatic rings. The monoisotopic (exact) mass is 405 g/mol. The molecule has 1 rings (SSSR count). The number of hydrogen-bond acceptors (Lipinski definition) is 1. The number of nitrogen functional groups attached to an aromatic ring is 1. The second-order valence-electron chi connectivity index (χ2n) is 3.14. The summed E-state index contributed by atoms with van der Waals surface area (Å²) in [6.07, 6.45) is 0. The van der Waals surface area contributed by atoms with Crippen LogP contribution in [0.4, 0.5) is 10.1 Å². The zero-order valence-electron chi connectivity index (χ0n) is 7.37. The number of halogens is 3. The average Bonchev–Trinajstić information content (AvgIpc) is 2.01. The molecule has 1 aromatic carbocycles. The van der Waals surface area contributed by atoms with Crippen LogP contribution in [0.5, 0.6) is 0 Å². The maximum Gasteiger partial charge on any atom is 0.150 e. The highest BCUT2D eigenvalue weighted by molar-refractivity contribution is 14.1. The number of anilines is 1. The lowest BCUT2D eigenvalue weighted by molar-refractivity contribution is 0.600. The van der Waals surface area contributed by atoms with E-state index in [1.54, 1.807) is 6.07 Å². The Labute approximate surface area is 105 Å². The van der Waals surface area contributed by atoms with E-state index in [4.69, 9.17) is 5.73 Å². The predicted molar refractivity (Wildman–Crippen MR) is 70.3 cm³/mol. The normalized spacial score (nSPS) is 10.9. The fourth-order valence-corrected chi connectivity index (χ4v) is 2.79. The van der Waals surface area contributed by atoms with Crippen molar-refractivity contribution in [2.45, 2.75) is 19.8 Å². The van der Waals surface area contributed by atoms with Gasteiger partial charge in [0.2, 0.25) is 0 Å². The maximum absolute atomic E-state index is 13.6. The summed E-state index contributed by atoms with van der Waals surface area (Å²) in [5.41, 5.74) is 6.52. The molecule has 13 heavy (non-hydrogen) atoms. The lowest BCUT2D eigenvalue weighted by atomic mass is 10.0. The topological polar surface area (TPSA) is 26.0 Å². The fourth-order valence-electron chi connectivity index (χ4n) is 1.15. The minimum absolute atomic E-state index is 0.170. The van der Waals surface area contributed by atoms with E-state index < -0.39 is 0 Å². The number of benzene rings is 1. The summed E-state index contributed by atoms with van der Waals surface area (Å²) in [6.45, 7) is 3.94. The molecule has 0 radical (unpaired) electrons. The van der Waals surface area contributed by atoms with Gasteiger partial charge in [-0.05, 0) is 57.2 Å². The van der Waals surface area contributed by atoms with Crippen molar-refractivity contribution < 1.29 is 4.39 Å². The molecule has 1 nitrogen and oxygen atoms in total. The van der Waals surface area contributed by atoms with Crippen LogP contribution < -0.4 is 5.73 Å². The first-order valence-electron chi connectivity index (χ1n) is 3.88. The minimum atomic E-state index is -0.264. The fraction of sp³-hybridized carbons (Fsp3) is 0.333. The highest BCUT2D eigenvalue weighted by atomic mass is 127. The van der Waals surface area contributed by atoms with Crippen molar-refractivity contribution in [2.75, 3.05) is 5.73 Å². The van der Waals surface area contributed by atoms with Crippen LogP contribution in [0.2, 0.25) is 0 Å². The summed E-state index contributed by atoms with van der Waals surface area (Å²) in [5.74, 6) is -0.0938. The molecule has 0 aliphatic carbocycles. The zero-order valence-corrected chi connectivity index (χ0v) is 11.7. The number of rotatable bonds is 1. The van der Waals surface area contributed by atoms with Gasteiger partial charge in [0, 0.05) is 12.7 Å². The molecule has 0 heterocycles. The first-order valence-corrected chi connectivity index (χ1v) is 6.03. The third kappa shape index (κ3) is 2.26. The summed E-state index contributed by atoms with van der Waals surface area (Å²) >= 11 is 4.33. The summed E-state index contributed by atoms with van der Waals surface area (Å²) in [6, 6.07) is 1.67. The van der Waals surface area contributed by atoms with Crippen molar-refractivity contribution in [1.29, 1.82) is 0 Å². The van der Waals surface area contributed by atoms with Crippen LogP contribution in [0, 0.1) is 13.0 Å². The van der Waals surface area contributed by atoms with Crippen LogP contribution in [0.1, 0.15) is 25.3 Å². The van der Waals surface area contributed by atoms with Crippen molar-refractivity contribution in [3.05, 3.63) is 24.6 Å². The molecule has 0 atom stereocenters. The predicted octanol–water partition coefficient (Wildman–Crippen LogP) is 3.74.